The second kappa shape index (κ2) is 9.97. The van der Waals surface area contributed by atoms with Crippen molar-refractivity contribution in [2.75, 3.05) is 17.2 Å². The molecule has 0 bridgehead atoms. The minimum absolute atomic E-state index is 0. The molecule has 5 nitrogen and oxygen atoms in total. The lowest BCUT2D eigenvalue weighted by Crippen LogP contribution is -2.25. The van der Waals surface area contributed by atoms with Crippen molar-refractivity contribution < 1.29 is 9.18 Å². The molecule has 0 saturated carbocycles. The summed E-state index contributed by atoms with van der Waals surface area (Å²) < 4.78 is 12.8. The highest BCUT2D eigenvalue weighted by Crippen LogP contribution is 2.18. The zero-order chi connectivity index (χ0) is 17.5. The maximum absolute atomic E-state index is 12.8. The van der Waals surface area contributed by atoms with Gasteiger partial charge in [0.25, 0.3) is 0 Å². The molecule has 0 aliphatic carbocycles. The number of anilines is 2. The second-order valence-corrected chi connectivity index (χ2v) is 5.66. The molecule has 134 valence electrons. The van der Waals surface area contributed by atoms with Crippen molar-refractivity contribution in [1.82, 2.24) is 0 Å². The summed E-state index contributed by atoms with van der Waals surface area (Å²) in [6.07, 6.45) is 0. The molecule has 0 fully saturated rings. The third-order valence-corrected chi connectivity index (χ3v) is 3.35. The molecule has 7 heteroatoms. The molecule has 2 aromatic carbocycles. The van der Waals surface area contributed by atoms with E-state index in [4.69, 9.17) is 5.73 Å². The molecular formula is C18H22FIN4O. The molecule has 0 unspecified atom stereocenters. The quantitative estimate of drug-likeness (QED) is 0.363. The first-order valence-electron chi connectivity index (χ1n) is 7.66. The summed E-state index contributed by atoms with van der Waals surface area (Å²) in [6.45, 7) is 4.09. The number of hydrogen-bond donors (Lipinski definition) is 3. The van der Waals surface area contributed by atoms with Crippen molar-refractivity contribution in [2.45, 2.75) is 19.8 Å². The summed E-state index contributed by atoms with van der Waals surface area (Å²) >= 11 is 0. The number of halogens is 2. The van der Waals surface area contributed by atoms with Crippen LogP contribution in [0.3, 0.4) is 0 Å². The zero-order valence-corrected chi connectivity index (χ0v) is 16.5. The van der Waals surface area contributed by atoms with Crippen molar-refractivity contribution in [2.24, 2.45) is 10.7 Å². The van der Waals surface area contributed by atoms with Gasteiger partial charge in [0.2, 0.25) is 5.91 Å². The highest BCUT2D eigenvalue weighted by molar-refractivity contribution is 14.0. The summed E-state index contributed by atoms with van der Waals surface area (Å²) in [6, 6.07) is 13.4. The van der Waals surface area contributed by atoms with Gasteiger partial charge in [0.05, 0.1) is 0 Å². The Labute approximate surface area is 163 Å². The normalized spacial score (nSPS) is 11.0. The Hall–Kier alpha value is -2.16. The predicted molar refractivity (Wildman–Crippen MR) is 111 cm³/mol. The van der Waals surface area contributed by atoms with Gasteiger partial charge in [-0.3, -0.25) is 4.79 Å². The van der Waals surface area contributed by atoms with Crippen LogP contribution in [0.25, 0.3) is 0 Å². The van der Waals surface area contributed by atoms with Crippen LogP contribution >= 0.6 is 24.0 Å². The van der Waals surface area contributed by atoms with Crippen LogP contribution < -0.4 is 16.4 Å². The topological polar surface area (TPSA) is 79.5 Å². The van der Waals surface area contributed by atoms with Crippen LogP contribution in [-0.4, -0.2) is 18.4 Å². The molecule has 0 aromatic heterocycles. The van der Waals surface area contributed by atoms with Crippen molar-refractivity contribution in [3.05, 3.63) is 59.9 Å². The maximum Gasteiger partial charge on any atom is 0.246 e. The minimum Gasteiger partial charge on any atom is -0.370 e. The van der Waals surface area contributed by atoms with Crippen LogP contribution in [-0.2, 0) is 4.79 Å². The fraction of sp³-hybridized carbons (Fsp3) is 0.222. The largest absolute Gasteiger partial charge is 0.370 e. The van der Waals surface area contributed by atoms with E-state index in [-0.39, 0.29) is 48.2 Å². The van der Waals surface area contributed by atoms with Gasteiger partial charge < -0.3 is 16.4 Å². The zero-order valence-electron chi connectivity index (χ0n) is 14.1. The molecule has 0 aliphatic rings. The van der Waals surface area contributed by atoms with Crippen molar-refractivity contribution >= 4 is 47.2 Å². The number of hydrogen-bond acceptors (Lipinski definition) is 2. The number of aliphatic imine (C=N–C) groups is 1. The minimum atomic E-state index is -0.358. The lowest BCUT2D eigenvalue weighted by atomic mass is 10.0. The van der Waals surface area contributed by atoms with Crippen LogP contribution in [0.1, 0.15) is 25.3 Å². The number of benzene rings is 2. The fourth-order valence-corrected chi connectivity index (χ4v) is 2.05. The monoisotopic (exact) mass is 456 g/mol. The third kappa shape index (κ3) is 7.08. The number of guanidine groups is 1. The standard InChI is InChI=1S/C18H21FN4O.HI/c1-12(2)13-4-3-5-16(10-13)23-18(20)21-11-17(24)22-15-8-6-14(19)7-9-15;/h3-10,12H,11H2,1-2H3,(H,22,24)(H3,20,21,23);1H. The molecule has 1 amide bonds. The summed E-state index contributed by atoms with van der Waals surface area (Å²) in [5.41, 5.74) is 8.31. The van der Waals surface area contributed by atoms with Crippen LogP contribution in [0.15, 0.2) is 53.5 Å². The van der Waals surface area contributed by atoms with Crippen LogP contribution in [0.2, 0.25) is 0 Å². The fourth-order valence-electron chi connectivity index (χ4n) is 2.05. The highest BCUT2D eigenvalue weighted by Gasteiger charge is 2.04. The van der Waals surface area contributed by atoms with Gasteiger partial charge in [0.1, 0.15) is 12.4 Å². The van der Waals surface area contributed by atoms with Gasteiger partial charge in [-0.2, -0.15) is 0 Å². The molecule has 2 rings (SSSR count). The Kier molecular flexibility index (Phi) is 8.33. The van der Waals surface area contributed by atoms with Gasteiger partial charge in [-0.05, 0) is 47.9 Å². The molecule has 0 radical (unpaired) electrons. The number of rotatable bonds is 5. The lowest BCUT2D eigenvalue weighted by Gasteiger charge is -2.10. The average Bonchev–Trinajstić information content (AvgIpc) is 2.55. The number of carbonyl (C=O) groups excluding carboxylic acids is 1. The van der Waals surface area contributed by atoms with Gasteiger partial charge in [0.15, 0.2) is 5.96 Å². The molecule has 0 heterocycles. The number of amides is 1. The van der Waals surface area contributed by atoms with E-state index in [9.17, 15) is 9.18 Å². The summed E-state index contributed by atoms with van der Waals surface area (Å²) in [7, 11) is 0. The Morgan fingerprint density at radius 3 is 2.44 bits per heavy atom. The van der Waals surface area contributed by atoms with E-state index in [0.717, 1.165) is 5.69 Å². The van der Waals surface area contributed by atoms with Crippen molar-refractivity contribution in [3.8, 4) is 0 Å². The molecule has 0 saturated heterocycles. The first-order valence-corrected chi connectivity index (χ1v) is 7.66. The van der Waals surface area contributed by atoms with E-state index in [1.54, 1.807) is 0 Å². The average molecular weight is 456 g/mol. The second-order valence-electron chi connectivity index (χ2n) is 5.66. The highest BCUT2D eigenvalue weighted by atomic mass is 127. The molecule has 0 atom stereocenters. The first kappa shape index (κ1) is 20.9. The maximum atomic E-state index is 12.8. The lowest BCUT2D eigenvalue weighted by molar-refractivity contribution is -0.114. The first-order chi connectivity index (χ1) is 11.4. The predicted octanol–water partition coefficient (Wildman–Crippen LogP) is 3.93. The molecule has 0 spiro atoms. The molecule has 4 N–H and O–H groups in total. The molecular weight excluding hydrogens is 434 g/mol. The van der Waals surface area contributed by atoms with E-state index in [0.29, 0.717) is 11.6 Å². The molecule has 0 aliphatic heterocycles. The van der Waals surface area contributed by atoms with Gasteiger partial charge in [-0.1, -0.05) is 26.0 Å². The molecule has 25 heavy (non-hydrogen) atoms. The Bertz CT molecular complexity index is 732. The van der Waals surface area contributed by atoms with Gasteiger partial charge in [0, 0.05) is 11.4 Å². The summed E-state index contributed by atoms with van der Waals surface area (Å²) in [4.78, 5) is 15.8. The van der Waals surface area contributed by atoms with E-state index in [1.807, 2.05) is 24.3 Å². The van der Waals surface area contributed by atoms with Crippen molar-refractivity contribution in [3.63, 3.8) is 0 Å². The van der Waals surface area contributed by atoms with Gasteiger partial charge in [-0.25, -0.2) is 9.38 Å². The third-order valence-electron chi connectivity index (χ3n) is 3.35. The summed E-state index contributed by atoms with van der Waals surface area (Å²) in [5, 5.41) is 5.58. The Balaban J connectivity index is 0.00000312. The Morgan fingerprint density at radius 2 is 1.80 bits per heavy atom. The number of nitrogens with one attached hydrogen (secondary N) is 2. The smallest absolute Gasteiger partial charge is 0.246 e. The number of carbonyl (C=O) groups is 1. The van der Waals surface area contributed by atoms with Crippen LogP contribution in [0.4, 0.5) is 15.8 Å². The number of nitrogens with two attached hydrogens (primary N) is 1. The Morgan fingerprint density at radius 1 is 1.12 bits per heavy atom. The summed E-state index contributed by atoms with van der Waals surface area (Å²) in [5.74, 6) is -0.123. The SMILES string of the molecule is CC(C)c1cccc(NC(N)=NCC(=O)Nc2ccc(F)cc2)c1.I. The van der Waals surface area contributed by atoms with Gasteiger partial charge in [-0.15, -0.1) is 24.0 Å². The molecule has 2 aromatic rings. The van der Waals surface area contributed by atoms with E-state index in [1.165, 1.54) is 29.8 Å². The van der Waals surface area contributed by atoms with Crippen molar-refractivity contribution in [1.29, 1.82) is 0 Å². The number of nitrogens with zero attached hydrogens (tertiary/aromatic N) is 1. The van der Waals surface area contributed by atoms with E-state index >= 15 is 0 Å². The van der Waals surface area contributed by atoms with Crippen LogP contribution in [0.5, 0.6) is 0 Å². The van der Waals surface area contributed by atoms with E-state index in [2.05, 4.69) is 29.5 Å². The van der Waals surface area contributed by atoms with E-state index < -0.39 is 0 Å². The van der Waals surface area contributed by atoms with Gasteiger partial charge >= 0.3 is 0 Å². The van der Waals surface area contributed by atoms with Crippen LogP contribution in [0, 0.1) is 5.82 Å².